The normalized spacial score (nSPS) is 14.1. The van der Waals surface area contributed by atoms with Crippen LogP contribution in [0.25, 0.3) is 76.8 Å². The van der Waals surface area contributed by atoms with Gasteiger partial charge in [-0.25, -0.2) is 0 Å². The molecule has 0 spiro atoms. The van der Waals surface area contributed by atoms with E-state index in [0.29, 0.717) is 0 Å². The molecule has 0 bridgehead atoms. The molecule has 0 fully saturated rings. The largest absolute Gasteiger partial charge is 0.310 e. The van der Waals surface area contributed by atoms with E-state index >= 15 is 0 Å². The van der Waals surface area contributed by atoms with Crippen LogP contribution in [0.3, 0.4) is 0 Å². The van der Waals surface area contributed by atoms with Gasteiger partial charge in [-0.05, 0) is 190 Å². The first-order valence-corrected chi connectivity index (χ1v) is 26.8. The monoisotopic (exact) mass is 958 g/mol. The lowest BCUT2D eigenvalue weighted by Gasteiger charge is -2.29. The SMILES string of the molecule is CC1(C)c2ccccc2-c2ccc(-c3ccccc3-c3c4cc(N5c6ccccc6CCc6ccccc65)ccc4c(-c4cccc5ccccc45)c4cc(N5c6ccccc6CCc6ccccc65)ccc34)cc21. The highest BCUT2D eigenvalue weighted by Crippen LogP contribution is 2.54. The number of nitrogens with zero attached hydrogens (tertiary/aromatic N) is 2. The van der Waals surface area contributed by atoms with Gasteiger partial charge in [0.2, 0.25) is 0 Å². The summed E-state index contributed by atoms with van der Waals surface area (Å²) in [6.45, 7) is 4.78. The number of benzene rings is 12. The molecule has 2 heterocycles. The van der Waals surface area contributed by atoms with Crippen LogP contribution >= 0.6 is 0 Å². The van der Waals surface area contributed by atoms with Crippen molar-refractivity contribution in [3.05, 3.63) is 276 Å². The van der Waals surface area contributed by atoms with Crippen molar-refractivity contribution in [2.75, 3.05) is 9.80 Å². The van der Waals surface area contributed by atoms with E-state index in [0.717, 1.165) is 37.1 Å². The van der Waals surface area contributed by atoms with Gasteiger partial charge < -0.3 is 9.80 Å². The van der Waals surface area contributed by atoms with E-state index in [4.69, 9.17) is 0 Å². The number of anilines is 6. The van der Waals surface area contributed by atoms with Crippen molar-refractivity contribution in [3.63, 3.8) is 0 Å². The Hall–Kier alpha value is -8.98. The molecule has 2 heteroatoms. The zero-order valence-electron chi connectivity index (χ0n) is 42.3. The van der Waals surface area contributed by atoms with Crippen LogP contribution in [-0.2, 0) is 31.1 Å². The van der Waals surface area contributed by atoms with Crippen molar-refractivity contribution in [3.8, 4) is 44.5 Å². The zero-order chi connectivity index (χ0) is 49.8. The highest BCUT2D eigenvalue weighted by molar-refractivity contribution is 6.25. The predicted octanol–water partition coefficient (Wildman–Crippen LogP) is 19.6. The molecule has 2 aliphatic heterocycles. The van der Waals surface area contributed by atoms with Gasteiger partial charge in [0.05, 0.1) is 0 Å². The molecular formula is C73H54N2. The highest BCUT2D eigenvalue weighted by atomic mass is 15.2. The Morgan fingerprint density at radius 3 is 1.29 bits per heavy atom. The first-order chi connectivity index (χ1) is 37.0. The van der Waals surface area contributed by atoms with Gasteiger partial charge in [-0.15, -0.1) is 0 Å². The smallest absolute Gasteiger partial charge is 0.0493 e. The molecule has 0 saturated heterocycles. The van der Waals surface area contributed by atoms with E-state index in [2.05, 4.69) is 266 Å². The fraction of sp³-hybridized carbons (Fsp3) is 0.0959. The van der Waals surface area contributed by atoms with Crippen LogP contribution in [0.2, 0.25) is 0 Å². The standard InChI is InChI=1S/C73H54N2/c1-73(2)65-29-12-11-26-57(65)58-41-38-52(44-66(58)73)56-25-9-10-27-59(56)71-61-42-39-54(75-69-32-15-6-21-50(69)36-37-51-22-7-16-33-70(51)75)46-64(61)72(60-28-17-23-47-18-3-8-24-55(47)60)62-43-40-53(45-63(62)71)74-67-30-13-4-19-48(67)34-35-49-20-5-14-31-68(49)74/h3-33,38-46H,34-37H2,1-2H3. The molecule has 1 aliphatic carbocycles. The maximum Gasteiger partial charge on any atom is 0.0493 e. The lowest BCUT2D eigenvalue weighted by atomic mass is 9.80. The number of para-hydroxylation sites is 4. The summed E-state index contributed by atoms with van der Waals surface area (Å²) in [7, 11) is 0. The van der Waals surface area contributed by atoms with Crippen LogP contribution in [0.1, 0.15) is 47.2 Å². The van der Waals surface area contributed by atoms with Crippen LogP contribution in [0, 0.1) is 0 Å². The van der Waals surface area contributed by atoms with Crippen molar-refractivity contribution in [1.82, 2.24) is 0 Å². The number of rotatable bonds is 5. The van der Waals surface area contributed by atoms with Crippen LogP contribution < -0.4 is 9.80 Å². The Bertz CT molecular complexity index is 4210. The van der Waals surface area contributed by atoms with Crippen molar-refractivity contribution < 1.29 is 0 Å². The second kappa shape index (κ2) is 17.0. The molecule has 75 heavy (non-hydrogen) atoms. The third kappa shape index (κ3) is 6.79. The summed E-state index contributed by atoms with van der Waals surface area (Å²) in [5.74, 6) is 0. The van der Waals surface area contributed by atoms with E-state index in [1.807, 2.05) is 0 Å². The second-order valence-corrected chi connectivity index (χ2v) is 21.4. The number of hydrogen-bond donors (Lipinski definition) is 0. The average Bonchev–Trinajstić information content (AvgIpc) is 3.60. The van der Waals surface area contributed by atoms with Gasteiger partial charge in [0.15, 0.2) is 0 Å². The molecule has 2 nitrogen and oxygen atoms in total. The summed E-state index contributed by atoms with van der Waals surface area (Å²) in [5, 5.41) is 7.37. The van der Waals surface area contributed by atoms with E-state index in [1.54, 1.807) is 0 Å². The van der Waals surface area contributed by atoms with Gasteiger partial charge in [0, 0.05) is 39.5 Å². The lowest BCUT2D eigenvalue weighted by Crippen LogP contribution is -2.14. The minimum Gasteiger partial charge on any atom is -0.310 e. The first kappa shape index (κ1) is 43.6. The fourth-order valence-electron chi connectivity index (χ4n) is 13.4. The van der Waals surface area contributed by atoms with Crippen molar-refractivity contribution in [2.45, 2.75) is 44.9 Å². The van der Waals surface area contributed by atoms with Crippen LogP contribution in [-0.4, -0.2) is 0 Å². The molecule has 0 amide bonds. The Morgan fingerprint density at radius 2 is 0.720 bits per heavy atom. The molecule has 12 aromatic rings. The molecule has 0 aromatic heterocycles. The first-order valence-electron chi connectivity index (χ1n) is 26.8. The Balaban J connectivity index is 1.07. The molecule has 12 aromatic carbocycles. The van der Waals surface area contributed by atoms with E-state index in [-0.39, 0.29) is 5.41 Å². The Labute approximate surface area is 439 Å². The van der Waals surface area contributed by atoms with Crippen LogP contribution in [0.4, 0.5) is 34.1 Å². The molecule has 15 rings (SSSR count). The van der Waals surface area contributed by atoms with Gasteiger partial charge >= 0.3 is 0 Å². The third-order valence-corrected chi connectivity index (χ3v) is 17.0. The van der Waals surface area contributed by atoms with Crippen molar-refractivity contribution >= 4 is 66.4 Å². The topological polar surface area (TPSA) is 6.48 Å². The quantitative estimate of drug-likeness (QED) is 0.159. The van der Waals surface area contributed by atoms with Gasteiger partial charge in [0.1, 0.15) is 0 Å². The Morgan fingerprint density at radius 1 is 0.293 bits per heavy atom. The minimum absolute atomic E-state index is 0.133. The molecular weight excluding hydrogens is 905 g/mol. The van der Waals surface area contributed by atoms with Crippen molar-refractivity contribution in [1.29, 1.82) is 0 Å². The average molecular weight is 959 g/mol. The maximum atomic E-state index is 2.53. The van der Waals surface area contributed by atoms with Crippen molar-refractivity contribution in [2.24, 2.45) is 0 Å². The molecule has 0 unspecified atom stereocenters. The summed E-state index contributed by atoms with van der Waals surface area (Å²) in [4.78, 5) is 5.07. The second-order valence-electron chi connectivity index (χ2n) is 21.4. The number of fused-ring (bicyclic) bond motifs is 10. The lowest BCUT2D eigenvalue weighted by molar-refractivity contribution is 0.660. The fourth-order valence-corrected chi connectivity index (χ4v) is 13.4. The van der Waals surface area contributed by atoms with Gasteiger partial charge in [-0.1, -0.05) is 202 Å². The van der Waals surface area contributed by atoms with E-state index in [9.17, 15) is 0 Å². The summed E-state index contributed by atoms with van der Waals surface area (Å²) in [6.07, 6.45) is 3.96. The summed E-state index contributed by atoms with van der Waals surface area (Å²) in [5.41, 5.74) is 25.4. The number of aryl methyl sites for hydroxylation is 4. The van der Waals surface area contributed by atoms with Gasteiger partial charge in [0.25, 0.3) is 0 Å². The van der Waals surface area contributed by atoms with Gasteiger partial charge in [-0.2, -0.15) is 0 Å². The van der Waals surface area contributed by atoms with Crippen LogP contribution in [0.5, 0.6) is 0 Å². The van der Waals surface area contributed by atoms with E-state index < -0.39 is 0 Å². The Kier molecular flexibility index (Phi) is 9.91. The minimum atomic E-state index is -0.133. The van der Waals surface area contributed by atoms with Crippen LogP contribution in [0.15, 0.2) is 243 Å². The summed E-state index contributed by atoms with van der Waals surface area (Å²) in [6, 6.07) is 92.0. The molecule has 0 N–H and O–H groups in total. The molecule has 0 saturated carbocycles. The number of hydrogen-bond acceptors (Lipinski definition) is 2. The van der Waals surface area contributed by atoms with E-state index in [1.165, 1.54) is 133 Å². The maximum absolute atomic E-state index is 2.53. The molecule has 3 aliphatic rings. The zero-order valence-corrected chi connectivity index (χ0v) is 42.3. The summed E-state index contributed by atoms with van der Waals surface area (Å²) < 4.78 is 0. The molecule has 0 radical (unpaired) electrons. The predicted molar refractivity (Wildman–Crippen MR) is 317 cm³/mol. The highest BCUT2D eigenvalue weighted by Gasteiger charge is 2.36. The summed E-state index contributed by atoms with van der Waals surface area (Å²) >= 11 is 0. The molecule has 356 valence electrons. The third-order valence-electron chi connectivity index (χ3n) is 17.0. The van der Waals surface area contributed by atoms with Gasteiger partial charge in [-0.3, -0.25) is 0 Å². The molecule has 0 atom stereocenters.